The van der Waals surface area contributed by atoms with Crippen LogP contribution in [0.4, 0.5) is 5.69 Å². The molecular weight excluding hydrogens is 362 g/mol. The van der Waals surface area contributed by atoms with Crippen LogP contribution in [0.25, 0.3) is 17.1 Å². The van der Waals surface area contributed by atoms with Gasteiger partial charge in [0.05, 0.1) is 21.6 Å². The molecule has 1 fully saturated rings. The predicted molar refractivity (Wildman–Crippen MR) is 112 cm³/mol. The van der Waals surface area contributed by atoms with E-state index in [2.05, 4.69) is 4.98 Å². The fraction of sp³-hybridized carbons (Fsp3) is 0.150. The predicted octanol–water partition coefficient (Wildman–Crippen LogP) is 4.60. The third kappa shape index (κ3) is 2.75. The van der Waals surface area contributed by atoms with Crippen LogP contribution in [0.3, 0.4) is 0 Å². The van der Waals surface area contributed by atoms with E-state index in [4.69, 9.17) is 12.2 Å². The molecule has 0 atom stereocenters. The van der Waals surface area contributed by atoms with Crippen molar-refractivity contribution in [2.75, 3.05) is 4.90 Å². The van der Waals surface area contributed by atoms with Crippen molar-refractivity contribution in [1.29, 1.82) is 0 Å². The summed E-state index contributed by atoms with van der Waals surface area (Å²) in [5.41, 5.74) is 4.91. The van der Waals surface area contributed by atoms with Crippen LogP contribution in [-0.2, 0) is 11.8 Å². The third-order valence-corrected chi connectivity index (χ3v) is 5.78. The average molecular weight is 380 g/mol. The number of aromatic nitrogens is 2. The Balaban J connectivity index is 1.76. The lowest BCUT2D eigenvalue weighted by atomic mass is 10.1. The molecule has 26 heavy (non-hydrogen) atoms. The molecule has 130 valence electrons. The Kier molecular flexibility index (Phi) is 4.17. The molecule has 1 aliphatic heterocycles. The Hall–Kier alpha value is -2.44. The number of anilines is 1. The molecule has 0 N–H and O–H groups in total. The van der Waals surface area contributed by atoms with Gasteiger partial charge in [-0.15, -0.1) is 0 Å². The number of thiocarbonyl (C=S) groups is 1. The fourth-order valence-electron chi connectivity index (χ4n) is 3.05. The Morgan fingerprint density at radius 2 is 1.92 bits per heavy atom. The van der Waals surface area contributed by atoms with Crippen molar-refractivity contribution in [2.45, 2.75) is 13.8 Å². The van der Waals surface area contributed by atoms with E-state index in [1.54, 1.807) is 4.90 Å². The zero-order valence-electron chi connectivity index (χ0n) is 14.7. The van der Waals surface area contributed by atoms with E-state index < -0.39 is 0 Å². The second kappa shape index (κ2) is 6.37. The molecule has 0 unspecified atom stereocenters. The van der Waals surface area contributed by atoms with E-state index >= 15 is 0 Å². The van der Waals surface area contributed by atoms with Gasteiger partial charge in [-0.2, -0.15) is 0 Å². The standard InChI is InChI=1S/C20H17N3OS2/c1-12-8-9-13(2)16(10-12)23-19(24)17(26-20(23)25)11-18-21-14-6-4-5-7-15(14)22(18)3/h4-11H,1-3H3. The van der Waals surface area contributed by atoms with Gasteiger partial charge in [-0.05, 0) is 43.2 Å². The van der Waals surface area contributed by atoms with Crippen molar-refractivity contribution >= 4 is 57.0 Å². The Morgan fingerprint density at radius 3 is 2.69 bits per heavy atom. The van der Waals surface area contributed by atoms with Gasteiger partial charge < -0.3 is 4.57 Å². The molecule has 1 aliphatic rings. The molecule has 1 saturated heterocycles. The molecular formula is C20H17N3OS2. The van der Waals surface area contributed by atoms with Gasteiger partial charge in [-0.25, -0.2) is 4.98 Å². The summed E-state index contributed by atoms with van der Waals surface area (Å²) >= 11 is 6.81. The number of benzene rings is 2. The lowest BCUT2D eigenvalue weighted by Crippen LogP contribution is -2.28. The number of carbonyl (C=O) groups is 1. The number of aryl methyl sites for hydroxylation is 3. The Labute approximate surface area is 161 Å². The second-order valence-corrected chi connectivity index (χ2v) is 8.00. The molecule has 4 rings (SSSR count). The van der Waals surface area contributed by atoms with Gasteiger partial charge in [0.2, 0.25) is 0 Å². The highest BCUT2D eigenvalue weighted by Crippen LogP contribution is 2.37. The maximum atomic E-state index is 13.0. The highest BCUT2D eigenvalue weighted by molar-refractivity contribution is 8.27. The molecule has 2 aromatic carbocycles. The largest absolute Gasteiger partial charge is 0.328 e. The number of amides is 1. The summed E-state index contributed by atoms with van der Waals surface area (Å²) in [4.78, 5) is 19.9. The average Bonchev–Trinajstić information content (AvgIpc) is 3.08. The van der Waals surface area contributed by atoms with Crippen molar-refractivity contribution in [3.8, 4) is 0 Å². The second-order valence-electron chi connectivity index (χ2n) is 6.32. The first-order valence-corrected chi connectivity index (χ1v) is 9.45. The van der Waals surface area contributed by atoms with Crippen LogP contribution >= 0.6 is 24.0 Å². The van der Waals surface area contributed by atoms with Crippen LogP contribution in [0.5, 0.6) is 0 Å². The van der Waals surface area contributed by atoms with Crippen LogP contribution in [0.15, 0.2) is 47.4 Å². The maximum absolute atomic E-state index is 13.0. The quantitative estimate of drug-likeness (QED) is 0.482. The maximum Gasteiger partial charge on any atom is 0.270 e. The number of imidazole rings is 1. The topological polar surface area (TPSA) is 38.1 Å². The number of nitrogens with zero attached hydrogens (tertiary/aromatic N) is 3. The van der Waals surface area contributed by atoms with Gasteiger partial charge in [-0.1, -0.05) is 48.2 Å². The Morgan fingerprint density at radius 1 is 1.15 bits per heavy atom. The summed E-state index contributed by atoms with van der Waals surface area (Å²) in [6, 6.07) is 14.0. The fourth-order valence-corrected chi connectivity index (χ4v) is 4.30. The van der Waals surface area contributed by atoms with Crippen molar-refractivity contribution in [1.82, 2.24) is 9.55 Å². The minimum atomic E-state index is -0.0965. The monoisotopic (exact) mass is 379 g/mol. The zero-order chi connectivity index (χ0) is 18.4. The summed E-state index contributed by atoms with van der Waals surface area (Å²) in [5, 5.41) is 0. The number of carbonyl (C=O) groups excluding carboxylic acids is 1. The van der Waals surface area contributed by atoms with E-state index in [-0.39, 0.29) is 5.91 Å². The molecule has 6 heteroatoms. The summed E-state index contributed by atoms with van der Waals surface area (Å²) in [7, 11) is 1.95. The molecule has 0 radical (unpaired) electrons. The third-order valence-electron chi connectivity index (χ3n) is 4.48. The molecule has 0 spiro atoms. The number of fused-ring (bicyclic) bond motifs is 1. The van der Waals surface area contributed by atoms with Gasteiger partial charge >= 0.3 is 0 Å². The SMILES string of the molecule is Cc1ccc(C)c(N2C(=O)C(=Cc3nc4ccccc4n3C)SC2=S)c1. The van der Waals surface area contributed by atoms with Crippen LogP contribution in [-0.4, -0.2) is 19.8 Å². The Bertz CT molecular complexity index is 1100. The van der Waals surface area contributed by atoms with Gasteiger partial charge in [0, 0.05) is 13.1 Å². The van der Waals surface area contributed by atoms with Crippen LogP contribution < -0.4 is 4.90 Å². The van der Waals surface area contributed by atoms with Crippen molar-refractivity contribution < 1.29 is 4.79 Å². The molecule has 1 amide bonds. The van der Waals surface area contributed by atoms with Crippen LogP contribution in [0.2, 0.25) is 0 Å². The highest BCUT2D eigenvalue weighted by Gasteiger charge is 2.34. The summed E-state index contributed by atoms with van der Waals surface area (Å²) in [5.74, 6) is 0.647. The number of hydrogen-bond donors (Lipinski definition) is 0. The van der Waals surface area contributed by atoms with Crippen LogP contribution in [0.1, 0.15) is 17.0 Å². The van der Waals surface area contributed by atoms with E-state index in [0.717, 1.165) is 33.7 Å². The molecule has 0 aliphatic carbocycles. The minimum Gasteiger partial charge on any atom is -0.328 e. The van der Waals surface area contributed by atoms with Crippen molar-refractivity contribution in [2.24, 2.45) is 7.05 Å². The summed E-state index contributed by atoms with van der Waals surface area (Å²) in [6.07, 6.45) is 1.82. The molecule has 0 saturated carbocycles. The first-order chi connectivity index (χ1) is 12.5. The highest BCUT2D eigenvalue weighted by atomic mass is 32.2. The number of rotatable bonds is 2. The van der Waals surface area contributed by atoms with E-state index in [0.29, 0.717) is 9.23 Å². The molecule has 1 aromatic heterocycles. The lowest BCUT2D eigenvalue weighted by molar-refractivity contribution is -0.113. The van der Waals surface area contributed by atoms with Gasteiger partial charge in [0.25, 0.3) is 5.91 Å². The number of para-hydroxylation sites is 2. The zero-order valence-corrected chi connectivity index (χ0v) is 16.3. The normalized spacial score (nSPS) is 16.3. The minimum absolute atomic E-state index is 0.0965. The smallest absolute Gasteiger partial charge is 0.270 e. The van der Waals surface area contributed by atoms with Gasteiger partial charge in [-0.3, -0.25) is 9.69 Å². The van der Waals surface area contributed by atoms with Crippen LogP contribution in [0, 0.1) is 13.8 Å². The number of hydrogen-bond acceptors (Lipinski definition) is 4. The van der Waals surface area contributed by atoms with E-state index in [1.165, 1.54) is 11.8 Å². The van der Waals surface area contributed by atoms with Crippen molar-refractivity contribution in [3.05, 3.63) is 64.3 Å². The van der Waals surface area contributed by atoms with E-state index in [9.17, 15) is 4.79 Å². The van der Waals surface area contributed by atoms with Gasteiger partial charge in [0.1, 0.15) is 5.82 Å². The molecule has 2 heterocycles. The van der Waals surface area contributed by atoms with E-state index in [1.807, 2.05) is 74.0 Å². The summed E-state index contributed by atoms with van der Waals surface area (Å²) < 4.78 is 2.54. The molecule has 4 nitrogen and oxygen atoms in total. The number of thioether (sulfide) groups is 1. The van der Waals surface area contributed by atoms with Crippen molar-refractivity contribution in [3.63, 3.8) is 0 Å². The first kappa shape index (κ1) is 17.0. The first-order valence-electron chi connectivity index (χ1n) is 8.22. The molecule has 3 aromatic rings. The molecule has 0 bridgehead atoms. The lowest BCUT2D eigenvalue weighted by Gasteiger charge is -2.17. The van der Waals surface area contributed by atoms with Gasteiger partial charge in [0.15, 0.2) is 4.32 Å². The summed E-state index contributed by atoms with van der Waals surface area (Å²) in [6.45, 7) is 4.00.